The van der Waals surface area contributed by atoms with Crippen LogP contribution in [0.2, 0.25) is 0 Å². The van der Waals surface area contributed by atoms with E-state index >= 15 is 0 Å². The molecule has 0 unspecified atom stereocenters. The summed E-state index contributed by atoms with van der Waals surface area (Å²) in [5.41, 5.74) is 3.92. The molecule has 17 heavy (non-hydrogen) atoms. The molecule has 0 radical (unpaired) electrons. The molecule has 0 heterocycles. The van der Waals surface area contributed by atoms with E-state index in [0.717, 1.165) is 11.6 Å². The number of aliphatic hydroxyl groups is 1. The van der Waals surface area contributed by atoms with Crippen molar-refractivity contribution in [2.24, 2.45) is 0 Å². The van der Waals surface area contributed by atoms with E-state index in [1.807, 2.05) is 12.4 Å². The number of rotatable bonds is 5. The Morgan fingerprint density at radius 3 is 2.94 bits per heavy atom. The zero-order valence-electron chi connectivity index (χ0n) is 9.51. The fraction of sp³-hybridized carbons (Fsp3) is 0.182. The van der Waals surface area contributed by atoms with Gasteiger partial charge in [0, 0.05) is 0 Å². The monoisotopic (exact) mass is 235 g/mol. The van der Waals surface area contributed by atoms with Gasteiger partial charge in [0.25, 0.3) is 5.91 Å². The molecule has 0 saturated heterocycles. The van der Waals surface area contributed by atoms with Gasteiger partial charge in [0.15, 0.2) is 0 Å². The number of hydrogen-bond donors (Lipinski definition) is 3. The van der Waals surface area contributed by atoms with Crippen LogP contribution in [-0.4, -0.2) is 23.2 Å². The minimum atomic E-state index is -1.33. The molecule has 0 aromatic heterocycles. The van der Waals surface area contributed by atoms with E-state index in [1.54, 1.807) is 18.2 Å². The van der Waals surface area contributed by atoms with E-state index in [9.17, 15) is 9.82 Å². The molecule has 0 saturated carbocycles. The van der Waals surface area contributed by atoms with Gasteiger partial charge in [0.2, 0.25) is 0 Å². The fourth-order valence-electron chi connectivity index (χ4n) is 1.33. The van der Waals surface area contributed by atoms with E-state index in [1.165, 1.54) is 0 Å². The van der Waals surface area contributed by atoms with E-state index in [-0.39, 0.29) is 6.61 Å². The predicted molar refractivity (Wildman–Crippen MR) is 64.1 cm³/mol. The molecule has 5 nitrogen and oxygen atoms in total. The molecule has 0 aliphatic heterocycles. The maximum Gasteiger partial charge on any atom is 0.514 e. The molecule has 0 aliphatic rings. The van der Waals surface area contributed by atoms with Crippen molar-refractivity contribution in [2.75, 3.05) is 0 Å². The van der Waals surface area contributed by atoms with Crippen LogP contribution in [0.5, 0.6) is 0 Å². The minimum Gasteiger partial charge on any atom is -0.422 e. The van der Waals surface area contributed by atoms with Crippen LogP contribution in [0.1, 0.15) is 11.1 Å². The van der Waals surface area contributed by atoms with Gasteiger partial charge < -0.3 is 10.1 Å². The standard InChI is InChI=1S/C11H14BNO4/c1-3-11(15)13-17-12(16)10-5-4-8(2)6-9(10)7-14/h3-6,14,16H,1,7H2,2H3,(H,13,15). The lowest BCUT2D eigenvalue weighted by molar-refractivity contribution is -0.123. The summed E-state index contributed by atoms with van der Waals surface area (Å²) < 4.78 is 4.74. The van der Waals surface area contributed by atoms with Gasteiger partial charge >= 0.3 is 7.12 Å². The third kappa shape index (κ3) is 3.71. The van der Waals surface area contributed by atoms with E-state index in [4.69, 9.17) is 9.86 Å². The Morgan fingerprint density at radius 1 is 1.65 bits per heavy atom. The summed E-state index contributed by atoms with van der Waals surface area (Å²) in [6, 6.07) is 5.14. The van der Waals surface area contributed by atoms with Crippen LogP contribution in [0.25, 0.3) is 0 Å². The smallest absolute Gasteiger partial charge is 0.422 e. The number of carbonyl (C=O) groups excluding carboxylic acids is 1. The van der Waals surface area contributed by atoms with Crippen LogP contribution in [0.15, 0.2) is 30.9 Å². The van der Waals surface area contributed by atoms with Crippen molar-refractivity contribution in [2.45, 2.75) is 13.5 Å². The van der Waals surface area contributed by atoms with Crippen molar-refractivity contribution in [3.05, 3.63) is 42.0 Å². The zero-order chi connectivity index (χ0) is 12.8. The Bertz CT molecular complexity index is 422. The van der Waals surface area contributed by atoms with Gasteiger partial charge in [-0.2, -0.15) is 0 Å². The number of amides is 1. The summed E-state index contributed by atoms with van der Waals surface area (Å²) in [4.78, 5) is 10.8. The first-order chi connectivity index (χ1) is 8.08. The van der Waals surface area contributed by atoms with Crippen molar-refractivity contribution in [3.8, 4) is 0 Å². The normalized spacial score (nSPS) is 9.82. The Kier molecular flexibility index (Phi) is 4.90. The Hall–Kier alpha value is -1.63. The first-order valence-electron chi connectivity index (χ1n) is 5.05. The van der Waals surface area contributed by atoms with Crippen LogP contribution >= 0.6 is 0 Å². The molecular formula is C11H14BNO4. The molecule has 1 rings (SSSR count). The highest BCUT2D eigenvalue weighted by Gasteiger charge is 2.21. The second-order valence-corrected chi connectivity index (χ2v) is 3.50. The second-order valence-electron chi connectivity index (χ2n) is 3.50. The third-order valence-corrected chi connectivity index (χ3v) is 2.19. The Morgan fingerprint density at radius 2 is 2.35 bits per heavy atom. The van der Waals surface area contributed by atoms with Gasteiger partial charge in [0.1, 0.15) is 0 Å². The molecule has 6 heteroatoms. The fourth-order valence-corrected chi connectivity index (χ4v) is 1.33. The van der Waals surface area contributed by atoms with E-state index < -0.39 is 13.0 Å². The molecule has 1 aromatic carbocycles. The average Bonchev–Trinajstić information content (AvgIpc) is 2.35. The van der Waals surface area contributed by atoms with Crippen molar-refractivity contribution in [1.82, 2.24) is 5.48 Å². The predicted octanol–water partition coefficient (Wildman–Crippen LogP) is -0.591. The summed E-state index contributed by atoms with van der Waals surface area (Å²) in [7, 11) is -1.33. The Labute approximate surface area is 99.8 Å². The van der Waals surface area contributed by atoms with Gasteiger partial charge in [-0.25, -0.2) is 5.48 Å². The maximum absolute atomic E-state index is 10.8. The number of aryl methyl sites for hydroxylation is 1. The number of hydrogen-bond acceptors (Lipinski definition) is 4. The quantitative estimate of drug-likeness (QED) is 0.362. The van der Waals surface area contributed by atoms with E-state index in [2.05, 4.69) is 6.58 Å². The summed E-state index contributed by atoms with van der Waals surface area (Å²) in [6.45, 7) is 4.90. The lowest BCUT2D eigenvalue weighted by atomic mass is 9.76. The van der Waals surface area contributed by atoms with Crippen molar-refractivity contribution in [1.29, 1.82) is 0 Å². The summed E-state index contributed by atoms with van der Waals surface area (Å²) >= 11 is 0. The first kappa shape index (κ1) is 13.4. The van der Waals surface area contributed by atoms with Crippen molar-refractivity contribution < 1.29 is 19.7 Å². The van der Waals surface area contributed by atoms with Crippen molar-refractivity contribution >= 4 is 18.5 Å². The molecule has 90 valence electrons. The van der Waals surface area contributed by atoms with Crippen LogP contribution in [0.4, 0.5) is 0 Å². The number of carbonyl (C=O) groups is 1. The lowest BCUT2D eigenvalue weighted by Gasteiger charge is -2.11. The first-order valence-corrected chi connectivity index (χ1v) is 5.05. The summed E-state index contributed by atoms with van der Waals surface area (Å²) in [5, 5.41) is 18.8. The highest BCUT2D eigenvalue weighted by molar-refractivity contribution is 6.60. The van der Waals surface area contributed by atoms with Crippen LogP contribution in [0, 0.1) is 6.92 Å². The minimum absolute atomic E-state index is 0.215. The highest BCUT2D eigenvalue weighted by atomic mass is 16.7. The number of nitrogens with one attached hydrogen (secondary N) is 1. The molecule has 0 spiro atoms. The van der Waals surface area contributed by atoms with Gasteiger partial charge in [-0.05, 0) is 24.0 Å². The third-order valence-electron chi connectivity index (χ3n) is 2.19. The lowest BCUT2D eigenvalue weighted by Crippen LogP contribution is -2.42. The molecule has 0 atom stereocenters. The van der Waals surface area contributed by atoms with Crippen LogP contribution in [-0.2, 0) is 16.2 Å². The molecule has 3 N–H and O–H groups in total. The number of hydroxylamine groups is 1. The average molecular weight is 235 g/mol. The highest BCUT2D eigenvalue weighted by Crippen LogP contribution is 2.03. The van der Waals surface area contributed by atoms with E-state index in [0.29, 0.717) is 11.0 Å². The van der Waals surface area contributed by atoms with Crippen LogP contribution in [0.3, 0.4) is 0 Å². The number of aliphatic hydroxyl groups excluding tert-OH is 1. The number of benzene rings is 1. The molecule has 1 amide bonds. The molecule has 0 aliphatic carbocycles. The summed E-state index contributed by atoms with van der Waals surface area (Å²) in [5.74, 6) is -0.554. The largest absolute Gasteiger partial charge is 0.514 e. The zero-order valence-corrected chi connectivity index (χ0v) is 9.51. The van der Waals surface area contributed by atoms with Gasteiger partial charge in [0.05, 0.1) is 6.61 Å². The van der Waals surface area contributed by atoms with Gasteiger partial charge in [-0.15, -0.1) is 0 Å². The molecule has 0 bridgehead atoms. The maximum atomic E-state index is 10.8. The van der Waals surface area contributed by atoms with Crippen molar-refractivity contribution in [3.63, 3.8) is 0 Å². The van der Waals surface area contributed by atoms with Gasteiger partial charge in [-0.3, -0.25) is 9.55 Å². The SMILES string of the molecule is C=CC(=O)NOB(O)c1ccc(C)cc1CO. The topological polar surface area (TPSA) is 78.8 Å². The second kappa shape index (κ2) is 6.19. The Balaban J connectivity index is 2.77. The van der Waals surface area contributed by atoms with Crippen LogP contribution < -0.4 is 10.9 Å². The molecule has 1 aromatic rings. The van der Waals surface area contributed by atoms with Gasteiger partial charge in [-0.1, -0.05) is 30.3 Å². The summed E-state index contributed by atoms with van der Waals surface area (Å²) in [6.07, 6.45) is 1.02. The molecular weight excluding hydrogens is 221 g/mol. The molecule has 0 fully saturated rings.